The molecule has 1 N–H and O–H groups in total. The molecule has 6 heteroatoms. The van der Waals surface area contributed by atoms with E-state index in [0.717, 1.165) is 50.8 Å². The van der Waals surface area contributed by atoms with Crippen molar-refractivity contribution in [1.82, 2.24) is 10.2 Å². The zero-order valence-electron chi connectivity index (χ0n) is 24.3. The summed E-state index contributed by atoms with van der Waals surface area (Å²) in [7, 11) is 2.04. The lowest BCUT2D eigenvalue weighted by atomic mass is 9.95. The lowest BCUT2D eigenvalue weighted by Crippen LogP contribution is -2.47. The molecule has 0 amide bonds. The van der Waals surface area contributed by atoms with Crippen LogP contribution in [0.1, 0.15) is 30.9 Å². The van der Waals surface area contributed by atoms with Crippen molar-refractivity contribution in [3.05, 3.63) is 150 Å². The quantitative estimate of drug-likeness (QED) is 0.0811. The van der Waals surface area contributed by atoms with Gasteiger partial charge in [0.05, 0.1) is 5.71 Å². The van der Waals surface area contributed by atoms with E-state index >= 15 is 0 Å². The molecule has 3 unspecified atom stereocenters. The summed E-state index contributed by atoms with van der Waals surface area (Å²) >= 11 is 9.38. The second kappa shape index (κ2) is 16.0. The van der Waals surface area contributed by atoms with E-state index in [2.05, 4.69) is 90.2 Å². The molecule has 42 heavy (non-hydrogen) atoms. The molecule has 2 aromatic rings. The maximum atomic E-state index is 5.35. The number of nitrogens with zero attached hydrogens (tertiary/aromatic N) is 3. The molecule has 0 radical (unpaired) electrons. The number of likely N-dealkylation sites (N-methyl/N-ethyl adjacent to an activating group) is 1. The first-order valence-electron chi connectivity index (χ1n) is 14.3. The van der Waals surface area contributed by atoms with Crippen molar-refractivity contribution >= 4 is 36.7 Å². The van der Waals surface area contributed by atoms with Crippen molar-refractivity contribution in [2.24, 2.45) is 15.9 Å². The Morgan fingerprint density at radius 3 is 2.55 bits per heavy atom. The second-order valence-electron chi connectivity index (χ2n) is 10.2. The Balaban J connectivity index is 1.75. The molecule has 0 saturated heterocycles. The number of hydrogen-bond acceptors (Lipinski definition) is 6. The molecule has 2 aliphatic rings. The van der Waals surface area contributed by atoms with Crippen LogP contribution in [0.3, 0.4) is 0 Å². The van der Waals surface area contributed by atoms with Gasteiger partial charge in [-0.15, -0.1) is 25.3 Å². The van der Waals surface area contributed by atoms with Crippen LogP contribution in [0.2, 0.25) is 0 Å². The van der Waals surface area contributed by atoms with Crippen LogP contribution < -0.4 is 5.32 Å². The molecule has 0 aromatic heterocycles. The van der Waals surface area contributed by atoms with Crippen LogP contribution in [0.4, 0.5) is 0 Å². The van der Waals surface area contributed by atoms with Gasteiger partial charge in [0.1, 0.15) is 0 Å². The summed E-state index contributed by atoms with van der Waals surface area (Å²) in [6.07, 6.45) is 24.7. The van der Waals surface area contributed by atoms with Crippen LogP contribution >= 0.6 is 25.3 Å². The van der Waals surface area contributed by atoms with Crippen LogP contribution in [0.15, 0.2) is 154 Å². The first-order chi connectivity index (χ1) is 20.5. The highest BCUT2D eigenvalue weighted by atomic mass is 32.1. The molecule has 4 rings (SSSR count). The molecule has 0 saturated carbocycles. The predicted molar refractivity (Wildman–Crippen MR) is 187 cm³/mol. The summed E-state index contributed by atoms with van der Waals surface area (Å²) in [6.45, 7) is 6.48. The average Bonchev–Trinajstić information content (AvgIpc) is 3.22. The molecule has 2 aromatic carbocycles. The number of nitrogens with one attached hydrogen (secondary N) is 1. The molecule has 1 heterocycles. The third-order valence-electron chi connectivity index (χ3n) is 7.05. The zero-order valence-corrected chi connectivity index (χ0v) is 26.1. The van der Waals surface area contributed by atoms with Crippen LogP contribution in [-0.2, 0) is 6.42 Å². The van der Waals surface area contributed by atoms with Gasteiger partial charge < -0.3 is 10.2 Å². The van der Waals surface area contributed by atoms with Gasteiger partial charge in [-0.1, -0.05) is 104 Å². The van der Waals surface area contributed by atoms with Crippen LogP contribution in [-0.4, -0.2) is 35.7 Å². The van der Waals surface area contributed by atoms with Gasteiger partial charge in [-0.05, 0) is 48.6 Å². The van der Waals surface area contributed by atoms with Crippen molar-refractivity contribution in [3.63, 3.8) is 0 Å². The van der Waals surface area contributed by atoms with E-state index in [-0.39, 0.29) is 18.2 Å². The maximum absolute atomic E-state index is 5.35. The Labute approximate surface area is 262 Å². The standard InChI is InChI=1S/C36H40N4S2/c1-4-5-6-7-9-16-27(2)32(26-29-19-13-15-22-33(29)42)38-36-35(37-23-24-40(36)3)39-34(28-17-10-8-11-18-28)30-20-12-14-21-31(41)25-30/h4-5,8-25,30,35-37,41-42H,2,6-7,26H2,1,3H3/b5-4-,16-9-,38-32-,39-34+. The summed E-state index contributed by atoms with van der Waals surface area (Å²) in [4.78, 5) is 14.6. The van der Waals surface area contributed by atoms with Crippen molar-refractivity contribution in [1.29, 1.82) is 0 Å². The van der Waals surface area contributed by atoms with E-state index in [0.29, 0.717) is 6.42 Å². The van der Waals surface area contributed by atoms with Crippen molar-refractivity contribution in [2.45, 2.75) is 43.4 Å². The van der Waals surface area contributed by atoms with E-state index < -0.39 is 0 Å². The lowest BCUT2D eigenvalue weighted by Gasteiger charge is -2.34. The Bertz CT molecular complexity index is 1460. The van der Waals surface area contributed by atoms with E-state index in [4.69, 9.17) is 22.6 Å². The Morgan fingerprint density at radius 1 is 1.00 bits per heavy atom. The molecule has 1 aliphatic carbocycles. The molecular formula is C36H40N4S2. The molecule has 0 spiro atoms. The number of unbranched alkanes of at least 4 members (excludes halogenated alkanes) is 1. The normalized spacial score (nSPS) is 21.1. The summed E-state index contributed by atoms with van der Waals surface area (Å²) < 4.78 is 0. The second-order valence-corrected chi connectivity index (χ2v) is 11.2. The van der Waals surface area contributed by atoms with Gasteiger partial charge >= 0.3 is 0 Å². The summed E-state index contributed by atoms with van der Waals surface area (Å²) in [5.74, 6) is -0.0388. The number of hydrogen-bond donors (Lipinski definition) is 3. The third kappa shape index (κ3) is 8.88. The molecule has 0 bridgehead atoms. The fourth-order valence-corrected chi connectivity index (χ4v) is 5.25. The van der Waals surface area contributed by atoms with Gasteiger partial charge in [-0.2, -0.15) is 0 Å². The first kappa shape index (κ1) is 31.2. The number of thiol groups is 2. The molecular weight excluding hydrogens is 553 g/mol. The fraction of sp³-hybridized carbons (Fsp3) is 0.222. The highest BCUT2D eigenvalue weighted by molar-refractivity contribution is 7.84. The minimum Gasteiger partial charge on any atom is -0.365 e. The van der Waals surface area contributed by atoms with Gasteiger partial charge in [0, 0.05) is 47.3 Å². The Morgan fingerprint density at radius 2 is 1.76 bits per heavy atom. The first-order valence-corrected chi connectivity index (χ1v) is 15.2. The van der Waals surface area contributed by atoms with Crippen molar-refractivity contribution in [2.75, 3.05) is 7.05 Å². The van der Waals surface area contributed by atoms with Gasteiger partial charge in [0.25, 0.3) is 0 Å². The Kier molecular flexibility index (Phi) is 11.9. The number of benzene rings is 2. The van der Waals surface area contributed by atoms with Gasteiger partial charge in [0.2, 0.25) is 0 Å². The predicted octanol–water partition coefficient (Wildman–Crippen LogP) is 8.13. The third-order valence-corrected chi connectivity index (χ3v) is 7.78. The highest BCUT2D eigenvalue weighted by Crippen LogP contribution is 2.24. The minimum atomic E-state index is -0.329. The number of aliphatic imine (C=N–C) groups is 2. The molecule has 0 fully saturated rings. The van der Waals surface area contributed by atoms with E-state index in [1.165, 1.54) is 0 Å². The van der Waals surface area contributed by atoms with Crippen LogP contribution in [0, 0.1) is 5.92 Å². The molecule has 1 aliphatic heterocycles. The van der Waals surface area contributed by atoms with Gasteiger partial charge in [0.15, 0.2) is 12.3 Å². The maximum Gasteiger partial charge on any atom is 0.161 e. The largest absolute Gasteiger partial charge is 0.365 e. The molecule has 216 valence electrons. The molecule has 3 atom stereocenters. The number of allylic oxidation sites excluding steroid dienone is 10. The van der Waals surface area contributed by atoms with Crippen molar-refractivity contribution < 1.29 is 0 Å². The van der Waals surface area contributed by atoms with E-state index in [1.807, 2.05) is 74.9 Å². The lowest BCUT2D eigenvalue weighted by molar-refractivity contribution is 0.258. The number of rotatable bonds is 11. The van der Waals surface area contributed by atoms with Crippen molar-refractivity contribution in [3.8, 4) is 0 Å². The van der Waals surface area contributed by atoms with Crippen LogP contribution in [0.25, 0.3) is 0 Å². The summed E-state index contributed by atoms with van der Waals surface area (Å²) in [6, 6.07) is 18.5. The van der Waals surface area contributed by atoms with E-state index in [9.17, 15) is 0 Å². The summed E-state index contributed by atoms with van der Waals surface area (Å²) in [5.41, 5.74) is 4.92. The summed E-state index contributed by atoms with van der Waals surface area (Å²) in [5, 5.41) is 3.48. The van der Waals surface area contributed by atoms with Gasteiger partial charge in [-0.25, -0.2) is 0 Å². The highest BCUT2D eigenvalue weighted by Gasteiger charge is 2.28. The molecule has 4 nitrogen and oxygen atoms in total. The zero-order chi connectivity index (χ0) is 29.7. The fourth-order valence-electron chi connectivity index (χ4n) is 4.76. The van der Waals surface area contributed by atoms with Gasteiger partial charge in [-0.3, -0.25) is 9.98 Å². The monoisotopic (exact) mass is 592 g/mol. The van der Waals surface area contributed by atoms with Crippen LogP contribution in [0.5, 0.6) is 0 Å². The minimum absolute atomic E-state index is 0.0388. The average molecular weight is 593 g/mol. The van der Waals surface area contributed by atoms with E-state index in [1.54, 1.807) is 0 Å². The Hall–Kier alpha value is -3.74. The SMILES string of the molecule is C=C(/C=C\CC/C=C\C)/C(Cc1ccccc1S)=N\C1C(/N=C(\c2ccccc2)C2C=CC=CC(S)=C2)NC=CN1C. The topological polar surface area (TPSA) is 40.0 Å². The smallest absolute Gasteiger partial charge is 0.161 e.